The van der Waals surface area contributed by atoms with Crippen molar-refractivity contribution in [1.82, 2.24) is 9.78 Å². The zero-order valence-electron chi connectivity index (χ0n) is 10.9. The van der Waals surface area contributed by atoms with Crippen LogP contribution in [0.4, 0.5) is 23.2 Å². The van der Waals surface area contributed by atoms with Crippen molar-refractivity contribution in [1.29, 1.82) is 0 Å². The molecule has 0 radical (unpaired) electrons. The van der Waals surface area contributed by atoms with Gasteiger partial charge in [-0.05, 0) is 18.2 Å². The molecule has 1 heterocycles. The molecule has 1 aromatic heterocycles. The number of anilines is 1. The SMILES string of the molecule is OCCn1cc(CNc2ccc(F)c(C(F)(F)F)c2)cn1. The Morgan fingerprint density at radius 1 is 1.29 bits per heavy atom. The first-order chi connectivity index (χ1) is 9.90. The summed E-state index contributed by atoms with van der Waals surface area (Å²) in [6.07, 6.45) is -1.53. The maximum Gasteiger partial charge on any atom is 0.419 e. The molecule has 0 atom stereocenters. The Morgan fingerprint density at radius 2 is 2.05 bits per heavy atom. The van der Waals surface area contributed by atoms with Crippen molar-refractivity contribution in [3.8, 4) is 0 Å². The number of halogens is 4. The monoisotopic (exact) mass is 303 g/mol. The van der Waals surface area contributed by atoms with Gasteiger partial charge in [0.1, 0.15) is 5.82 Å². The molecule has 114 valence electrons. The van der Waals surface area contributed by atoms with Crippen molar-refractivity contribution in [2.24, 2.45) is 0 Å². The lowest BCUT2D eigenvalue weighted by Gasteiger charge is -2.11. The van der Waals surface area contributed by atoms with Gasteiger partial charge in [-0.1, -0.05) is 0 Å². The molecule has 0 fully saturated rings. The van der Waals surface area contributed by atoms with E-state index < -0.39 is 17.6 Å². The summed E-state index contributed by atoms with van der Waals surface area (Å²) in [7, 11) is 0. The van der Waals surface area contributed by atoms with Gasteiger partial charge in [-0.3, -0.25) is 4.68 Å². The highest BCUT2D eigenvalue weighted by molar-refractivity contribution is 5.47. The highest BCUT2D eigenvalue weighted by Gasteiger charge is 2.34. The van der Waals surface area contributed by atoms with Gasteiger partial charge in [0.25, 0.3) is 0 Å². The zero-order chi connectivity index (χ0) is 15.5. The number of aromatic nitrogens is 2. The number of rotatable bonds is 5. The van der Waals surface area contributed by atoms with E-state index in [0.29, 0.717) is 6.54 Å². The van der Waals surface area contributed by atoms with E-state index in [-0.39, 0.29) is 18.8 Å². The van der Waals surface area contributed by atoms with Crippen molar-refractivity contribution >= 4 is 5.69 Å². The lowest BCUT2D eigenvalue weighted by molar-refractivity contribution is -0.139. The third-order valence-corrected chi connectivity index (χ3v) is 2.78. The van der Waals surface area contributed by atoms with E-state index in [4.69, 9.17) is 5.11 Å². The van der Waals surface area contributed by atoms with Crippen molar-refractivity contribution < 1.29 is 22.7 Å². The van der Waals surface area contributed by atoms with Gasteiger partial charge in [0, 0.05) is 24.0 Å². The summed E-state index contributed by atoms with van der Waals surface area (Å²) in [6, 6.07) is 2.75. The molecule has 1 aromatic carbocycles. The van der Waals surface area contributed by atoms with Gasteiger partial charge < -0.3 is 10.4 Å². The van der Waals surface area contributed by atoms with Crippen LogP contribution in [0, 0.1) is 5.82 Å². The van der Waals surface area contributed by atoms with Gasteiger partial charge in [0.15, 0.2) is 0 Å². The van der Waals surface area contributed by atoms with E-state index in [0.717, 1.165) is 17.7 Å². The van der Waals surface area contributed by atoms with Crippen LogP contribution in [0.1, 0.15) is 11.1 Å². The average molecular weight is 303 g/mol. The smallest absolute Gasteiger partial charge is 0.394 e. The number of nitrogens with zero attached hydrogens (tertiary/aromatic N) is 2. The Hall–Kier alpha value is -2.09. The molecule has 4 nitrogen and oxygen atoms in total. The molecule has 0 aliphatic rings. The Morgan fingerprint density at radius 3 is 2.71 bits per heavy atom. The van der Waals surface area contributed by atoms with E-state index in [1.165, 1.54) is 16.9 Å². The Kier molecular flexibility index (Phi) is 4.46. The minimum absolute atomic E-state index is 0.0541. The van der Waals surface area contributed by atoms with E-state index in [1.807, 2.05) is 0 Å². The van der Waals surface area contributed by atoms with Crippen LogP contribution >= 0.6 is 0 Å². The molecule has 0 aliphatic carbocycles. The number of nitrogens with one attached hydrogen (secondary N) is 1. The summed E-state index contributed by atoms with van der Waals surface area (Å²) in [5.74, 6) is -1.30. The molecule has 0 bridgehead atoms. The quantitative estimate of drug-likeness (QED) is 0.835. The number of aliphatic hydroxyl groups is 1. The van der Waals surface area contributed by atoms with E-state index in [2.05, 4.69) is 10.4 Å². The second-order valence-corrected chi connectivity index (χ2v) is 4.38. The van der Waals surface area contributed by atoms with Gasteiger partial charge in [-0.2, -0.15) is 18.3 Å². The summed E-state index contributed by atoms with van der Waals surface area (Å²) in [4.78, 5) is 0. The highest BCUT2D eigenvalue weighted by Crippen LogP contribution is 2.33. The number of hydrogen-bond donors (Lipinski definition) is 2. The van der Waals surface area contributed by atoms with Gasteiger partial charge in [-0.25, -0.2) is 4.39 Å². The maximum atomic E-state index is 13.1. The molecule has 0 amide bonds. The first kappa shape index (κ1) is 15.3. The summed E-state index contributed by atoms with van der Waals surface area (Å²) in [5.41, 5.74) is -0.400. The summed E-state index contributed by atoms with van der Waals surface area (Å²) in [5, 5.41) is 15.5. The predicted octanol–water partition coefficient (Wildman–Crippen LogP) is 2.65. The lowest BCUT2D eigenvalue weighted by atomic mass is 10.1. The molecule has 0 aliphatic heterocycles. The molecule has 0 saturated carbocycles. The third kappa shape index (κ3) is 3.94. The highest BCUT2D eigenvalue weighted by atomic mass is 19.4. The average Bonchev–Trinajstić information content (AvgIpc) is 2.85. The fraction of sp³-hybridized carbons (Fsp3) is 0.308. The van der Waals surface area contributed by atoms with Crippen LogP contribution in [0.5, 0.6) is 0 Å². The van der Waals surface area contributed by atoms with Crippen LogP contribution < -0.4 is 5.32 Å². The topological polar surface area (TPSA) is 50.1 Å². The molecule has 0 saturated heterocycles. The Labute approximate surface area is 118 Å². The molecular formula is C13H13F4N3O. The van der Waals surface area contributed by atoms with Crippen LogP contribution in [-0.4, -0.2) is 21.5 Å². The Bertz CT molecular complexity index is 610. The summed E-state index contributed by atoms with van der Waals surface area (Å²) in [6.45, 7) is 0.532. The molecule has 2 rings (SSSR count). The third-order valence-electron chi connectivity index (χ3n) is 2.78. The minimum Gasteiger partial charge on any atom is -0.394 e. The lowest BCUT2D eigenvalue weighted by Crippen LogP contribution is -2.09. The maximum absolute atomic E-state index is 13.1. The van der Waals surface area contributed by atoms with Gasteiger partial charge >= 0.3 is 6.18 Å². The van der Waals surface area contributed by atoms with Gasteiger partial charge in [-0.15, -0.1) is 0 Å². The molecule has 21 heavy (non-hydrogen) atoms. The second-order valence-electron chi connectivity index (χ2n) is 4.38. The van der Waals surface area contributed by atoms with E-state index >= 15 is 0 Å². The van der Waals surface area contributed by atoms with Crippen LogP contribution in [0.15, 0.2) is 30.6 Å². The van der Waals surface area contributed by atoms with Crippen LogP contribution in [0.25, 0.3) is 0 Å². The molecule has 2 N–H and O–H groups in total. The molecule has 2 aromatic rings. The Balaban J connectivity index is 2.06. The standard InChI is InChI=1S/C13H13F4N3O/c14-12-2-1-10(5-11(12)13(15,16)17)18-6-9-7-19-20(8-9)3-4-21/h1-2,5,7-8,18,21H,3-4,6H2. The number of alkyl halides is 3. The number of aliphatic hydroxyl groups excluding tert-OH is 1. The van der Waals surface area contributed by atoms with E-state index in [9.17, 15) is 17.6 Å². The van der Waals surface area contributed by atoms with E-state index in [1.54, 1.807) is 6.20 Å². The second kappa shape index (κ2) is 6.13. The van der Waals surface area contributed by atoms with Crippen molar-refractivity contribution in [3.63, 3.8) is 0 Å². The zero-order valence-corrected chi connectivity index (χ0v) is 10.9. The molecule has 0 spiro atoms. The first-order valence-electron chi connectivity index (χ1n) is 6.13. The fourth-order valence-corrected chi connectivity index (χ4v) is 1.78. The summed E-state index contributed by atoms with van der Waals surface area (Å²) >= 11 is 0. The van der Waals surface area contributed by atoms with Crippen molar-refractivity contribution in [2.75, 3.05) is 11.9 Å². The van der Waals surface area contributed by atoms with Gasteiger partial charge in [0.2, 0.25) is 0 Å². The normalized spacial score (nSPS) is 11.7. The minimum atomic E-state index is -4.73. The van der Waals surface area contributed by atoms with Crippen LogP contribution in [0.2, 0.25) is 0 Å². The fourth-order valence-electron chi connectivity index (χ4n) is 1.78. The molecule has 8 heteroatoms. The predicted molar refractivity (Wildman–Crippen MR) is 68.0 cm³/mol. The van der Waals surface area contributed by atoms with Crippen LogP contribution in [0.3, 0.4) is 0 Å². The molecular weight excluding hydrogens is 290 g/mol. The van der Waals surface area contributed by atoms with Crippen LogP contribution in [-0.2, 0) is 19.3 Å². The number of benzene rings is 1. The summed E-state index contributed by atoms with van der Waals surface area (Å²) < 4.78 is 52.4. The van der Waals surface area contributed by atoms with Gasteiger partial charge in [0.05, 0.1) is 24.9 Å². The largest absolute Gasteiger partial charge is 0.419 e. The number of hydrogen-bond acceptors (Lipinski definition) is 3. The van der Waals surface area contributed by atoms with Crippen molar-refractivity contribution in [3.05, 3.63) is 47.5 Å². The first-order valence-corrected chi connectivity index (χ1v) is 6.13. The van der Waals surface area contributed by atoms with Crippen molar-refractivity contribution in [2.45, 2.75) is 19.3 Å². The molecule has 0 unspecified atom stereocenters.